The number of nitrogen functional groups attached to an aromatic ring is 1. The van der Waals surface area contributed by atoms with E-state index < -0.39 is 18.6 Å². The number of carbonyl (C=O) groups is 1. The molecule has 0 saturated carbocycles. The molecule has 0 atom stereocenters. The van der Waals surface area contributed by atoms with Gasteiger partial charge < -0.3 is 15.8 Å². The first-order valence-corrected chi connectivity index (χ1v) is 5.70. The van der Waals surface area contributed by atoms with E-state index in [2.05, 4.69) is 5.32 Å². The summed E-state index contributed by atoms with van der Waals surface area (Å²) in [7, 11) is 0. The Bertz CT molecular complexity index is 447. The predicted molar refractivity (Wildman–Crippen MR) is 66.0 cm³/mol. The minimum atomic E-state index is -4.22. The first kappa shape index (κ1) is 15.1. The Morgan fingerprint density at radius 2 is 2.11 bits per heavy atom. The first-order valence-electron chi connectivity index (χ1n) is 5.70. The molecule has 3 N–H and O–H groups in total. The highest BCUT2D eigenvalue weighted by Gasteiger charge is 2.26. The molecule has 0 unspecified atom stereocenters. The molecule has 0 heterocycles. The lowest BCUT2D eigenvalue weighted by atomic mass is 10.1. The Morgan fingerprint density at radius 3 is 2.63 bits per heavy atom. The second-order valence-corrected chi connectivity index (χ2v) is 3.81. The summed E-state index contributed by atoms with van der Waals surface area (Å²) in [4.78, 5) is 11.4. The molecule has 0 radical (unpaired) electrons. The van der Waals surface area contributed by atoms with Crippen molar-refractivity contribution in [2.45, 2.75) is 19.5 Å². The molecule has 106 valence electrons. The zero-order valence-corrected chi connectivity index (χ0v) is 10.4. The molecule has 0 saturated heterocycles. The summed E-state index contributed by atoms with van der Waals surface area (Å²) in [6, 6.07) is 4.27. The van der Waals surface area contributed by atoms with E-state index in [4.69, 9.17) is 10.5 Å². The van der Waals surface area contributed by atoms with E-state index in [0.717, 1.165) is 0 Å². The number of anilines is 2. The van der Waals surface area contributed by atoms with Crippen molar-refractivity contribution in [3.63, 3.8) is 0 Å². The molecule has 7 heteroatoms. The van der Waals surface area contributed by atoms with Crippen LogP contribution in [0.1, 0.15) is 23.7 Å². The van der Waals surface area contributed by atoms with Crippen molar-refractivity contribution < 1.29 is 22.7 Å². The second kappa shape index (κ2) is 6.31. The first-order chi connectivity index (χ1) is 8.83. The number of nitrogens with one attached hydrogen (secondary N) is 1. The molecule has 0 fully saturated rings. The maximum atomic E-state index is 12.0. The molecular formula is C12H15F3N2O2. The molecule has 0 aromatic heterocycles. The van der Waals surface area contributed by atoms with Gasteiger partial charge in [0.15, 0.2) is 0 Å². The normalized spacial score (nSPS) is 11.2. The Kier molecular flexibility index (Phi) is 5.02. The molecule has 0 spiro atoms. The summed E-state index contributed by atoms with van der Waals surface area (Å²) < 4.78 is 40.7. The fourth-order valence-electron chi connectivity index (χ4n) is 1.40. The van der Waals surface area contributed by atoms with Gasteiger partial charge in [-0.2, -0.15) is 13.2 Å². The fourth-order valence-corrected chi connectivity index (χ4v) is 1.40. The minimum absolute atomic E-state index is 0.202. The number of hydrogen-bond acceptors (Lipinski definition) is 4. The van der Waals surface area contributed by atoms with Crippen molar-refractivity contribution in [1.29, 1.82) is 0 Å². The largest absolute Gasteiger partial charge is 0.462 e. The molecule has 1 rings (SSSR count). The van der Waals surface area contributed by atoms with Crippen molar-refractivity contribution in [3.8, 4) is 0 Å². The molecule has 0 bridgehead atoms. The topological polar surface area (TPSA) is 64.3 Å². The number of esters is 1. The highest BCUT2D eigenvalue weighted by atomic mass is 19.4. The van der Waals surface area contributed by atoms with E-state index in [9.17, 15) is 18.0 Å². The van der Waals surface area contributed by atoms with Crippen molar-refractivity contribution in [3.05, 3.63) is 23.8 Å². The zero-order chi connectivity index (χ0) is 14.5. The van der Waals surface area contributed by atoms with Gasteiger partial charge >= 0.3 is 12.1 Å². The van der Waals surface area contributed by atoms with E-state index in [1.54, 1.807) is 6.92 Å². The second-order valence-electron chi connectivity index (χ2n) is 3.81. The molecule has 19 heavy (non-hydrogen) atoms. The van der Waals surface area contributed by atoms with E-state index in [0.29, 0.717) is 5.69 Å². The third-order valence-electron chi connectivity index (χ3n) is 2.29. The summed E-state index contributed by atoms with van der Waals surface area (Å²) in [5.41, 5.74) is 6.48. The monoisotopic (exact) mass is 276 g/mol. The van der Waals surface area contributed by atoms with E-state index in [1.165, 1.54) is 18.2 Å². The third kappa shape index (κ3) is 5.07. The average molecular weight is 276 g/mol. The summed E-state index contributed by atoms with van der Waals surface area (Å²) in [5.74, 6) is -0.518. The number of hydrogen-bond donors (Lipinski definition) is 2. The summed E-state index contributed by atoms with van der Waals surface area (Å²) in [5, 5.41) is 2.57. The van der Waals surface area contributed by atoms with E-state index in [1.807, 2.05) is 0 Å². The van der Waals surface area contributed by atoms with Crippen LogP contribution in [-0.2, 0) is 4.74 Å². The number of rotatable bonds is 5. The van der Waals surface area contributed by atoms with Gasteiger partial charge in [0.2, 0.25) is 0 Å². The molecule has 4 nitrogen and oxygen atoms in total. The lowest BCUT2D eigenvalue weighted by Crippen LogP contribution is -2.15. The zero-order valence-electron chi connectivity index (χ0n) is 10.4. The van der Waals surface area contributed by atoms with Crippen LogP contribution in [0.25, 0.3) is 0 Å². The molecular weight excluding hydrogens is 261 g/mol. The SMILES string of the molecule is CCOC(=O)c1ccc(NCCC(F)(F)F)c(N)c1. The lowest BCUT2D eigenvalue weighted by Gasteiger charge is -2.11. The maximum absolute atomic E-state index is 12.0. The Morgan fingerprint density at radius 1 is 1.42 bits per heavy atom. The Hall–Kier alpha value is -1.92. The van der Waals surface area contributed by atoms with Crippen LogP contribution in [0.2, 0.25) is 0 Å². The van der Waals surface area contributed by atoms with Crippen LogP contribution < -0.4 is 11.1 Å². The summed E-state index contributed by atoms with van der Waals surface area (Å²) >= 11 is 0. The van der Waals surface area contributed by atoms with Gasteiger partial charge in [0, 0.05) is 6.54 Å². The smallest absolute Gasteiger partial charge is 0.390 e. The Balaban J connectivity index is 2.65. The van der Waals surface area contributed by atoms with Gasteiger partial charge in [0.05, 0.1) is 30.0 Å². The quantitative estimate of drug-likeness (QED) is 0.641. The lowest BCUT2D eigenvalue weighted by molar-refractivity contribution is -0.131. The van der Waals surface area contributed by atoms with Gasteiger partial charge in [-0.15, -0.1) is 0 Å². The molecule has 0 aliphatic rings. The van der Waals surface area contributed by atoms with Crippen molar-refractivity contribution in [2.24, 2.45) is 0 Å². The standard InChI is InChI=1S/C12H15F3N2O2/c1-2-19-11(18)8-3-4-10(9(16)7-8)17-6-5-12(13,14)15/h3-4,7,17H,2,5-6,16H2,1H3. The highest BCUT2D eigenvalue weighted by molar-refractivity contribution is 5.91. The van der Waals surface area contributed by atoms with Crippen LogP contribution in [-0.4, -0.2) is 25.3 Å². The predicted octanol–water partition coefficient (Wildman–Crippen LogP) is 2.81. The maximum Gasteiger partial charge on any atom is 0.390 e. The number of nitrogens with two attached hydrogens (primary N) is 1. The fraction of sp³-hybridized carbons (Fsp3) is 0.417. The Labute approximate surface area is 108 Å². The van der Waals surface area contributed by atoms with Gasteiger partial charge in [-0.05, 0) is 25.1 Å². The molecule has 0 amide bonds. The number of benzene rings is 1. The van der Waals surface area contributed by atoms with Gasteiger partial charge in [-0.1, -0.05) is 0 Å². The van der Waals surface area contributed by atoms with Crippen LogP contribution in [0.5, 0.6) is 0 Å². The minimum Gasteiger partial charge on any atom is -0.462 e. The van der Waals surface area contributed by atoms with Crippen LogP contribution >= 0.6 is 0 Å². The van der Waals surface area contributed by atoms with Crippen LogP contribution in [0.3, 0.4) is 0 Å². The number of carbonyl (C=O) groups excluding carboxylic acids is 1. The molecule has 0 aliphatic heterocycles. The third-order valence-corrected chi connectivity index (χ3v) is 2.29. The van der Waals surface area contributed by atoms with E-state index >= 15 is 0 Å². The van der Waals surface area contributed by atoms with Crippen molar-refractivity contribution in [1.82, 2.24) is 0 Å². The number of ether oxygens (including phenoxy) is 1. The molecule has 1 aromatic rings. The van der Waals surface area contributed by atoms with Gasteiger partial charge in [0.1, 0.15) is 0 Å². The van der Waals surface area contributed by atoms with E-state index in [-0.39, 0.29) is 24.4 Å². The van der Waals surface area contributed by atoms with Gasteiger partial charge in [0.25, 0.3) is 0 Å². The van der Waals surface area contributed by atoms with Gasteiger partial charge in [-0.3, -0.25) is 0 Å². The number of alkyl halides is 3. The highest BCUT2D eigenvalue weighted by Crippen LogP contribution is 2.23. The van der Waals surface area contributed by atoms with Crippen molar-refractivity contribution >= 4 is 17.3 Å². The van der Waals surface area contributed by atoms with Crippen LogP contribution in [0.4, 0.5) is 24.5 Å². The van der Waals surface area contributed by atoms with Crippen molar-refractivity contribution in [2.75, 3.05) is 24.2 Å². The summed E-state index contributed by atoms with van der Waals surface area (Å²) in [6.07, 6.45) is -5.17. The number of halogens is 3. The van der Waals surface area contributed by atoms with Gasteiger partial charge in [-0.25, -0.2) is 4.79 Å². The molecule has 0 aliphatic carbocycles. The van der Waals surface area contributed by atoms with Crippen LogP contribution in [0, 0.1) is 0 Å². The molecule has 1 aromatic carbocycles. The van der Waals surface area contributed by atoms with Crippen LogP contribution in [0.15, 0.2) is 18.2 Å². The average Bonchev–Trinajstić information content (AvgIpc) is 2.30. The summed E-state index contributed by atoms with van der Waals surface area (Å²) in [6.45, 7) is 1.64.